The maximum atomic E-state index is 5.76. The van der Waals surface area contributed by atoms with Crippen molar-refractivity contribution in [2.45, 2.75) is 51.0 Å². The minimum absolute atomic E-state index is 0.167. The zero-order chi connectivity index (χ0) is 13.9. The van der Waals surface area contributed by atoms with E-state index in [2.05, 4.69) is 34.4 Å². The lowest BCUT2D eigenvalue weighted by Crippen LogP contribution is -2.15. The molecule has 1 heterocycles. The average molecular weight is 271 g/mol. The molecule has 1 aromatic carbocycles. The second-order valence-corrected chi connectivity index (χ2v) is 5.71. The topological polar surface area (TPSA) is 64.9 Å². The molecule has 4 heteroatoms. The number of hydrogen-bond donors (Lipinski definition) is 1. The fourth-order valence-corrected chi connectivity index (χ4v) is 2.88. The van der Waals surface area contributed by atoms with E-state index < -0.39 is 0 Å². The van der Waals surface area contributed by atoms with Crippen LogP contribution in [-0.4, -0.2) is 16.2 Å². The molecule has 1 aliphatic carbocycles. The van der Waals surface area contributed by atoms with Crippen molar-refractivity contribution in [3.8, 4) is 0 Å². The number of aromatic nitrogens is 2. The Hall–Kier alpha value is -1.68. The highest BCUT2D eigenvalue weighted by Crippen LogP contribution is 2.35. The molecule has 0 radical (unpaired) electrons. The fourth-order valence-electron chi connectivity index (χ4n) is 2.88. The Morgan fingerprint density at radius 2 is 2.25 bits per heavy atom. The quantitative estimate of drug-likeness (QED) is 0.928. The van der Waals surface area contributed by atoms with Crippen molar-refractivity contribution in [3.05, 3.63) is 47.1 Å². The number of aryl methyl sites for hydroxylation is 2. The molecule has 2 N–H and O–H groups in total. The van der Waals surface area contributed by atoms with Crippen LogP contribution in [0.5, 0.6) is 0 Å². The molecule has 1 aliphatic rings. The van der Waals surface area contributed by atoms with Gasteiger partial charge in [-0.05, 0) is 43.7 Å². The first-order valence-corrected chi connectivity index (χ1v) is 7.40. The van der Waals surface area contributed by atoms with Crippen LogP contribution in [0, 0.1) is 0 Å². The lowest BCUT2D eigenvalue weighted by Gasteiger charge is -2.22. The van der Waals surface area contributed by atoms with Gasteiger partial charge in [0.25, 0.3) is 0 Å². The smallest absolute Gasteiger partial charge is 0.226 e. The van der Waals surface area contributed by atoms with Crippen molar-refractivity contribution in [3.63, 3.8) is 0 Å². The van der Waals surface area contributed by atoms with Gasteiger partial charge in [-0.2, -0.15) is 4.98 Å². The predicted molar refractivity (Wildman–Crippen MR) is 77.5 cm³/mol. The van der Waals surface area contributed by atoms with Crippen LogP contribution in [0.3, 0.4) is 0 Å². The Morgan fingerprint density at radius 3 is 3.10 bits per heavy atom. The third-order valence-corrected chi connectivity index (χ3v) is 3.98. The third kappa shape index (κ3) is 2.75. The number of rotatable bonds is 4. The molecule has 106 valence electrons. The van der Waals surface area contributed by atoms with Gasteiger partial charge in [-0.3, -0.25) is 0 Å². The van der Waals surface area contributed by atoms with E-state index in [0.717, 1.165) is 31.5 Å². The summed E-state index contributed by atoms with van der Waals surface area (Å²) in [5.74, 6) is 1.82. The molecular formula is C16H21N3O. The number of benzene rings is 1. The van der Waals surface area contributed by atoms with E-state index in [4.69, 9.17) is 10.3 Å². The van der Waals surface area contributed by atoms with Crippen molar-refractivity contribution in [1.29, 1.82) is 0 Å². The van der Waals surface area contributed by atoms with Crippen molar-refractivity contribution in [1.82, 2.24) is 10.1 Å². The SMILES string of the molecule is CC(N)CCc1nc(C2CCCc3ccccc32)no1. The first-order chi connectivity index (χ1) is 9.74. The van der Waals surface area contributed by atoms with Crippen molar-refractivity contribution >= 4 is 0 Å². The van der Waals surface area contributed by atoms with Gasteiger partial charge < -0.3 is 10.3 Å². The summed E-state index contributed by atoms with van der Waals surface area (Å²) in [6.45, 7) is 1.99. The summed E-state index contributed by atoms with van der Waals surface area (Å²) in [5, 5.41) is 4.19. The van der Waals surface area contributed by atoms with E-state index in [1.165, 1.54) is 17.5 Å². The number of nitrogens with zero attached hydrogens (tertiary/aromatic N) is 2. The summed E-state index contributed by atoms with van der Waals surface area (Å²) < 4.78 is 5.37. The molecule has 0 aliphatic heterocycles. The summed E-state index contributed by atoms with van der Waals surface area (Å²) >= 11 is 0. The van der Waals surface area contributed by atoms with Crippen molar-refractivity contribution in [2.24, 2.45) is 5.73 Å². The van der Waals surface area contributed by atoms with Crippen LogP contribution in [0.4, 0.5) is 0 Å². The van der Waals surface area contributed by atoms with Crippen molar-refractivity contribution in [2.75, 3.05) is 0 Å². The summed E-state index contributed by atoms with van der Waals surface area (Å²) in [6.07, 6.45) is 5.08. The van der Waals surface area contributed by atoms with E-state index >= 15 is 0 Å². The van der Waals surface area contributed by atoms with Gasteiger partial charge >= 0.3 is 0 Å². The molecule has 2 atom stereocenters. The maximum absolute atomic E-state index is 5.76. The summed E-state index contributed by atoms with van der Waals surface area (Å²) in [4.78, 5) is 4.57. The minimum atomic E-state index is 0.167. The molecule has 0 fully saturated rings. The van der Waals surface area contributed by atoms with Gasteiger partial charge in [-0.1, -0.05) is 29.4 Å². The average Bonchev–Trinajstić information content (AvgIpc) is 2.93. The van der Waals surface area contributed by atoms with Crippen LogP contribution in [0.25, 0.3) is 0 Å². The normalized spacial score (nSPS) is 19.6. The highest BCUT2D eigenvalue weighted by Gasteiger charge is 2.25. The van der Waals surface area contributed by atoms with E-state index in [-0.39, 0.29) is 12.0 Å². The molecular weight excluding hydrogens is 250 g/mol. The summed E-state index contributed by atoms with van der Waals surface area (Å²) in [6, 6.07) is 8.76. The molecule has 0 saturated heterocycles. The van der Waals surface area contributed by atoms with Gasteiger partial charge in [0.1, 0.15) is 0 Å². The van der Waals surface area contributed by atoms with Gasteiger partial charge in [-0.15, -0.1) is 0 Å². The summed E-state index contributed by atoms with van der Waals surface area (Å²) in [7, 11) is 0. The van der Waals surface area contributed by atoms with Gasteiger partial charge in [0.15, 0.2) is 5.82 Å². The first kappa shape index (κ1) is 13.3. The highest BCUT2D eigenvalue weighted by atomic mass is 16.5. The van der Waals surface area contributed by atoms with E-state index in [1.807, 2.05) is 6.92 Å². The lowest BCUT2D eigenvalue weighted by atomic mass is 9.82. The summed E-state index contributed by atoms with van der Waals surface area (Å²) in [5.41, 5.74) is 8.54. The van der Waals surface area contributed by atoms with E-state index in [0.29, 0.717) is 5.89 Å². The van der Waals surface area contributed by atoms with E-state index in [1.54, 1.807) is 0 Å². The molecule has 0 amide bonds. The Labute approximate surface area is 119 Å². The number of nitrogens with two attached hydrogens (primary N) is 1. The molecule has 3 rings (SSSR count). The highest BCUT2D eigenvalue weighted by molar-refractivity contribution is 5.36. The van der Waals surface area contributed by atoms with Crippen LogP contribution in [0.2, 0.25) is 0 Å². The first-order valence-electron chi connectivity index (χ1n) is 7.40. The number of fused-ring (bicyclic) bond motifs is 1. The fraction of sp³-hybridized carbons (Fsp3) is 0.500. The van der Waals surface area contributed by atoms with Crippen LogP contribution in [0.15, 0.2) is 28.8 Å². The van der Waals surface area contributed by atoms with Crippen molar-refractivity contribution < 1.29 is 4.52 Å². The zero-order valence-electron chi connectivity index (χ0n) is 11.9. The Kier molecular flexibility index (Phi) is 3.83. The monoisotopic (exact) mass is 271 g/mol. The maximum Gasteiger partial charge on any atom is 0.226 e. The largest absolute Gasteiger partial charge is 0.339 e. The standard InChI is InChI=1S/C16H21N3O/c1-11(17)9-10-15-18-16(19-20-15)14-8-4-6-12-5-2-3-7-13(12)14/h2-3,5,7,11,14H,4,6,8-10,17H2,1H3. The molecule has 20 heavy (non-hydrogen) atoms. The van der Waals surface area contributed by atoms with Crippen LogP contribution < -0.4 is 5.73 Å². The molecule has 4 nitrogen and oxygen atoms in total. The van der Waals surface area contributed by atoms with E-state index in [9.17, 15) is 0 Å². The Morgan fingerprint density at radius 1 is 1.40 bits per heavy atom. The minimum Gasteiger partial charge on any atom is -0.339 e. The Bertz CT molecular complexity index is 577. The second kappa shape index (κ2) is 5.75. The Balaban J connectivity index is 1.80. The van der Waals surface area contributed by atoms with Crippen LogP contribution >= 0.6 is 0 Å². The second-order valence-electron chi connectivity index (χ2n) is 5.71. The van der Waals surface area contributed by atoms with Gasteiger partial charge in [0.2, 0.25) is 5.89 Å². The molecule has 0 bridgehead atoms. The molecule has 0 saturated carbocycles. The van der Waals surface area contributed by atoms with Gasteiger partial charge in [0.05, 0.1) is 0 Å². The van der Waals surface area contributed by atoms with Crippen LogP contribution in [-0.2, 0) is 12.8 Å². The van der Waals surface area contributed by atoms with Gasteiger partial charge in [0, 0.05) is 18.4 Å². The predicted octanol–water partition coefficient (Wildman–Crippen LogP) is 2.82. The van der Waals surface area contributed by atoms with Crippen LogP contribution in [0.1, 0.15) is 54.9 Å². The molecule has 0 spiro atoms. The molecule has 2 unspecified atom stereocenters. The molecule has 1 aromatic heterocycles. The third-order valence-electron chi connectivity index (χ3n) is 3.98. The van der Waals surface area contributed by atoms with Gasteiger partial charge in [-0.25, -0.2) is 0 Å². The lowest BCUT2D eigenvalue weighted by molar-refractivity contribution is 0.364. The zero-order valence-corrected chi connectivity index (χ0v) is 11.9. The number of hydrogen-bond acceptors (Lipinski definition) is 4. The molecule has 2 aromatic rings.